The van der Waals surface area contributed by atoms with E-state index in [0.29, 0.717) is 21.6 Å². The second-order valence-electron chi connectivity index (χ2n) is 6.01. The van der Waals surface area contributed by atoms with E-state index >= 15 is 0 Å². The summed E-state index contributed by atoms with van der Waals surface area (Å²) in [5.41, 5.74) is 0.338. The van der Waals surface area contributed by atoms with Gasteiger partial charge in [-0.3, -0.25) is 4.79 Å². The van der Waals surface area contributed by atoms with Crippen molar-refractivity contribution in [2.24, 2.45) is 0 Å². The minimum Gasteiger partial charge on any atom is -0.453 e. The van der Waals surface area contributed by atoms with Crippen LogP contribution in [0.1, 0.15) is 15.5 Å². The number of benzene rings is 2. The molecule has 0 radical (unpaired) electrons. The summed E-state index contributed by atoms with van der Waals surface area (Å²) in [7, 11) is 0. The van der Waals surface area contributed by atoms with Crippen molar-refractivity contribution in [2.45, 2.75) is 6.61 Å². The van der Waals surface area contributed by atoms with E-state index in [1.54, 1.807) is 29.5 Å². The van der Waals surface area contributed by atoms with E-state index < -0.39 is 5.97 Å². The Morgan fingerprint density at radius 2 is 1.78 bits per heavy atom. The maximum atomic E-state index is 12.4. The van der Waals surface area contributed by atoms with Crippen LogP contribution in [0.3, 0.4) is 0 Å². The molecule has 0 saturated carbocycles. The smallest absolute Gasteiger partial charge is 0.348 e. The maximum absolute atomic E-state index is 12.4. The number of para-hydroxylation sites is 1. The first kappa shape index (κ1) is 16.2. The van der Waals surface area contributed by atoms with Crippen LogP contribution in [-0.4, -0.2) is 15.9 Å². The SMILES string of the molecule is O=C(OCc1nc2ccccc2c(=O)[nH]1)c1cc2sc3ccccc3c2s1. The number of thiophene rings is 2. The van der Waals surface area contributed by atoms with Gasteiger partial charge in [0.15, 0.2) is 0 Å². The van der Waals surface area contributed by atoms with E-state index in [9.17, 15) is 9.59 Å². The Hall–Kier alpha value is -3.03. The number of hydrogen-bond acceptors (Lipinski definition) is 6. The minimum absolute atomic E-state index is 0.0782. The maximum Gasteiger partial charge on any atom is 0.348 e. The Balaban J connectivity index is 1.40. The lowest BCUT2D eigenvalue weighted by atomic mass is 10.2. The van der Waals surface area contributed by atoms with E-state index in [1.165, 1.54) is 16.0 Å². The van der Waals surface area contributed by atoms with E-state index in [2.05, 4.69) is 22.1 Å². The molecule has 0 fully saturated rings. The molecule has 0 unspecified atom stereocenters. The summed E-state index contributed by atoms with van der Waals surface area (Å²) >= 11 is 3.09. The number of hydrogen-bond donors (Lipinski definition) is 1. The minimum atomic E-state index is -0.414. The van der Waals surface area contributed by atoms with Crippen LogP contribution in [0.25, 0.3) is 30.4 Å². The van der Waals surface area contributed by atoms with Crippen molar-refractivity contribution in [3.63, 3.8) is 0 Å². The van der Waals surface area contributed by atoms with Gasteiger partial charge in [-0.1, -0.05) is 30.3 Å². The molecular formula is C20H12N2O3S2. The molecule has 0 amide bonds. The van der Waals surface area contributed by atoms with Crippen molar-refractivity contribution in [3.05, 3.63) is 75.7 Å². The van der Waals surface area contributed by atoms with E-state index in [-0.39, 0.29) is 12.2 Å². The third-order valence-corrected chi connectivity index (χ3v) is 6.65. The predicted octanol–water partition coefficient (Wildman–Crippen LogP) is 4.71. The fourth-order valence-corrected chi connectivity index (χ4v) is 5.43. The third kappa shape index (κ3) is 2.81. The highest BCUT2D eigenvalue weighted by atomic mass is 32.1. The highest BCUT2D eigenvalue weighted by Gasteiger charge is 2.16. The molecule has 0 atom stereocenters. The van der Waals surface area contributed by atoms with Gasteiger partial charge in [-0.2, -0.15) is 0 Å². The number of nitrogens with one attached hydrogen (secondary N) is 1. The molecule has 0 bridgehead atoms. The quantitative estimate of drug-likeness (QED) is 0.451. The standard InChI is InChI=1S/C20H12N2O3S2/c23-19-11-5-1-3-7-13(11)21-17(22-19)10-25-20(24)16-9-15-18(27-16)12-6-2-4-8-14(12)26-15/h1-9H,10H2,(H,21,22,23). The Bertz CT molecular complexity index is 1380. The number of fused-ring (bicyclic) bond motifs is 4. The van der Waals surface area contributed by atoms with Gasteiger partial charge in [0.25, 0.3) is 5.56 Å². The van der Waals surface area contributed by atoms with Crippen LogP contribution in [0.15, 0.2) is 59.4 Å². The van der Waals surface area contributed by atoms with E-state index in [0.717, 1.165) is 14.8 Å². The number of esters is 1. The van der Waals surface area contributed by atoms with Crippen molar-refractivity contribution in [3.8, 4) is 0 Å². The molecule has 3 aromatic heterocycles. The second kappa shape index (κ2) is 6.29. The number of aromatic amines is 1. The number of aromatic nitrogens is 2. The molecule has 5 rings (SSSR count). The monoisotopic (exact) mass is 392 g/mol. The molecule has 132 valence electrons. The molecule has 0 aliphatic heterocycles. The summed E-state index contributed by atoms with van der Waals surface area (Å²) in [5.74, 6) is -0.0841. The molecule has 5 nitrogen and oxygen atoms in total. The molecule has 27 heavy (non-hydrogen) atoms. The number of carbonyl (C=O) groups excluding carboxylic acids is 1. The molecule has 0 aliphatic carbocycles. The zero-order valence-corrected chi connectivity index (χ0v) is 15.5. The lowest BCUT2D eigenvalue weighted by Crippen LogP contribution is -2.14. The predicted molar refractivity (Wildman–Crippen MR) is 109 cm³/mol. The molecule has 0 saturated heterocycles. The Morgan fingerprint density at radius 3 is 2.67 bits per heavy atom. The molecule has 0 aliphatic rings. The highest BCUT2D eigenvalue weighted by Crippen LogP contribution is 2.39. The van der Waals surface area contributed by atoms with Crippen LogP contribution >= 0.6 is 22.7 Å². The lowest BCUT2D eigenvalue weighted by Gasteiger charge is -2.04. The van der Waals surface area contributed by atoms with Gasteiger partial charge in [0.05, 0.1) is 15.6 Å². The van der Waals surface area contributed by atoms with Crippen molar-refractivity contribution < 1.29 is 9.53 Å². The van der Waals surface area contributed by atoms with Gasteiger partial charge >= 0.3 is 5.97 Å². The zero-order valence-electron chi connectivity index (χ0n) is 13.9. The van der Waals surface area contributed by atoms with Gasteiger partial charge in [-0.05, 0) is 24.3 Å². The summed E-state index contributed by atoms with van der Waals surface area (Å²) in [4.78, 5) is 32.1. The number of nitrogens with zero attached hydrogens (tertiary/aromatic N) is 1. The van der Waals surface area contributed by atoms with Crippen LogP contribution in [0.4, 0.5) is 0 Å². The van der Waals surface area contributed by atoms with Gasteiger partial charge in [0, 0.05) is 14.8 Å². The summed E-state index contributed by atoms with van der Waals surface area (Å²) in [5, 5.41) is 1.67. The Kier molecular flexibility index (Phi) is 3.77. The Morgan fingerprint density at radius 1 is 1.00 bits per heavy atom. The number of H-pyrrole nitrogens is 1. The Labute approximate surface area is 160 Å². The molecule has 1 N–H and O–H groups in total. The van der Waals surface area contributed by atoms with E-state index in [1.807, 2.05) is 24.3 Å². The summed E-state index contributed by atoms with van der Waals surface area (Å²) in [6, 6.07) is 17.1. The highest BCUT2D eigenvalue weighted by molar-refractivity contribution is 7.33. The van der Waals surface area contributed by atoms with Gasteiger partial charge in [-0.25, -0.2) is 9.78 Å². The lowest BCUT2D eigenvalue weighted by molar-refractivity contribution is 0.0468. The fourth-order valence-electron chi connectivity index (χ4n) is 3.01. The van der Waals surface area contributed by atoms with Gasteiger partial charge in [0.2, 0.25) is 0 Å². The second-order valence-corrected chi connectivity index (χ2v) is 8.14. The average molecular weight is 392 g/mol. The van der Waals surface area contributed by atoms with Crippen molar-refractivity contribution in [1.82, 2.24) is 9.97 Å². The molecule has 0 spiro atoms. The van der Waals surface area contributed by atoms with Crippen LogP contribution in [0, 0.1) is 0 Å². The first-order valence-corrected chi connectivity index (χ1v) is 9.88. The van der Waals surface area contributed by atoms with Crippen LogP contribution in [-0.2, 0) is 11.3 Å². The zero-order chi connectivity index (χ0) is 18.4. The summed E-state index contributed by atoms with van der Waals surface area (Å²) < 4.78 is 8.75. The summed E-state index contributed by atoms with van der Waals surface area (Å²) in [6.07, 6.45) is 0. The van der Waals surface area contributed by atoms with Crippen molar-refractivity contribution in [1.29, 1.82) is 0 Å². The van der Waals surface area contributed by atoms with E-state index in [4.69, 9.17) is 4.74 Å². The first-order valence-electron chi connectivity index (χ1n) is 8.25. The fraction of sp³-hybridized carbons (Fsp3) is 0.0500. The molecule has 2 aromatic carbocycles. The molecule has 7 heteroatoms. The van der Waals surface area contributed by atoms with Gasteiger partial charge in [0.1, 0.15) is 17.3 Å². The largest absolute Gasteiger partial charge is 0.453 e. The van der Waals surface area contributed by atoms with Crippen molar-refractivity contribution >= 4 is 59.0 Å². The van der Waals surface area contributed by atoms with Crippen LogP contribution in [0.2, 0.25) is 0 Å². The van der Waals surface area contributed by atoms with Crippen LogP contribution in [0.5, 0.6) is 0 Å². The molecular weight excluding hydrogens is 380 g/mol. The van der Waals surface area contributed by atoms with Gasteiger partial charge < -0.3 is 9.72 Å². The van der Waals surface area contributed by atoms with Gasteiger partial charge in [-0.15, -0.1) is 22.7 Å². The summed E-state index contributed by atoms with van der Waals surface area (Å²) in [6.45, 7) is -0.0782. The molecule has 5 aromatic rings. The normalized spacial score (nSPS) is 11.4. The third-order valence-electron chi connectivity index (χ3n) is 4.25. The topological polar surface area (TPSA) is 72.0 Å². The van der Waals surface area contributed by atoms with Crippen LogP contribution < -0.4 is 5.56 Å². The first-order chi connectivity index (χ1) is 13.2. The number of carbonyl (C=O) groups is 1. The average Bonchev–Trinajstić information content (AvgIpc) is 3.24. The molecule has 3 heterocycles. The number of ether oxygens (including phenoxy) is 1. The van der Waals surface area contributed by atoms with Crippen molar-refractivity contribution in [2.75, 3.05) is 0 Å². The number of rotatable bonds is 3.